The fraction of sp³-hybridized carbons (Fsp3) is 0.444. The molecule has 0 aliphatic heterocycles. The zero-order chi connectivity index (χ0) is 16.4. The van der Waals surface area contributed by atoms with Crippen molar-refractivity contribution in [3.05, 3.63) is 47.0 Å². The van der Waals surface area contributed by atoms with Crippen molar-refractivity contribution in [1.82, 2.24) is 5.32 Å². The highest BCUT2D eigenvalue weighted by molar-refractivity contribution is 6.30. The van der Waals surface area contributed by atoms with Gasteiger partial charge in [-0.2, -0.15) is 0 Å². The maximum Gasteiger partial charge on any atom is 0.224 e. The summed E-state index contributed by atoms with van der Waals surface area (Å²) < 4.78 is 0. The molecule has 0 heterocycles. The molecule has 0 aromatic heterocycles. The number of fused-ring (bicyclic) bond motifs is 2. The number of aliphatic carboxylic acids is 1. The van der Waals surface area contributed by atoms with Crippen molar-refractivity contribution in [2.45, 2.75) is 19.3 Å². The summed E-state index contributed by atoms with van der Waals surface area (Å²) in [5.74, 6) is -2.57. The van der Waals surface area contributed by atoms with E-state index in [1.807, 2.05) is 30.4 Å². The van der Waals surface area contributed by atoms with Crippen LogP contribution in [-0.2, 0) is 16.0 Å². The fourth-order valence-electron chi connectivity index (χ4n) is 3.81. The molecular formula is C18H19ClNO3-. The Morgan fingerprint density at radius 3 is 2.48 bits per heavy atom. The molecule has 3 aliphatic rings. The minimum Gasteiger partial charge on any atom is -0.550 e. The monoisotopic (exact) mass is 332 g/mol. The lowest BCUT2D eigenvalue weighted by Crippen LogP contribution is -2.52. The van der Waals surface area contributed by atoms with Crippen molar-refractivity contribution in [2.75, 3.05) is 6.54 Å². The van der Waals surface area contributed by atoms with Gasteiger partial charge in [-0.25, -0.2) is 0 Å². The van der Waals surface area contributed by atoms with Crippen LogP contribution in [0.3, 0.4) is 0 Å². The largest absolute Gasteiger partial charge is 0.550 e. The summed E-state index contributed by atoms with van der Waals surface area (Å²) in [5.41, 5.74) is 1.04. The van der Waals surface area contributed by atoms with Crippen molar-refractivity contribution < 1.29 is 14.7 Å². The predicted molar refractivity (Wildman–Crippen MR) is 85.5 cm³/mol. The molecule has 0 saturated heterocycles. The molecule has 1 aromatic rings. The van der Waals surface area contributed by atoms with Crippen molar-refractivity contribution in [1.29, 1.82) is 0 Å². The zero-order valence-electron chi connectivity index (χ0n) is 12.7. The van der Waals surface area contributed by atoms with Gasteiger partial charge in [-0.15, -0.1) is 0 Å². The summed E-state index contributed by atoms with van der Waals surface area (Å²) in [5, 5.41) is 15.0. The summed E-state index contributed by atoms with van der Waals surface area (Å²) >= 11 is 5.94. The molecule has 4 nitrogen and oxygen atoms in total. The number of hydrogen-bond acceptors (Lipinski definition) is 3. The van der Waals surface area contributed by atoms with Gasteiger partial charge in [0.25, 0.3) is 0 Å². The van der Waals surface area contributed by atoms with E-state index in [4.69, 9.17) is 11.6 Å². The molecular weight excluding hydrogens is 314 g/mol. The number of hydrogen-bond donors (Lipinski definition) is 1. The van der Waals surface area contributed by atoms with Crippen LogP contribution in [0.1, 0.15) is 18.4 Å². The molecule has 122 valence electrons. The number of carbonyl (C=O) groups excluding carboxylic acids is 2. The van der Waals surface area contributed by atoms with Crippen LogP contribution in [0, 0.1) is 23.7 Å². The van der Waals surface area contributed by atoms with Gasteiger partial charge in [0.05, 0.1) is 5.92 Å². The quantitative estimate of drug-likeness (QED) is 0.832. The number of nitrogens with one attached hydrogen (secondary N) is 1. The first-order valence-corrected chi connectivity index (χ1v) is 8.35. The van der Waals surface area contributed by atoms with E-state index in [1.165, 1.54) is 0 Å². The Hall–Kier alpha value is -1.81. The van der Waals surface area contributed by atoms with E-state index in [0.717, 1.165) is 18.4 Å². The second kappa shape index (κ2) is 6.75. The smallest absolute Gasteiger partial charge is 0.224 e. The number of benzene rings is 1. The topological polar surface area (TPSA) is 69.2 Å². The molecule has 23 heavy (non-hydrogen) atoms. The summed E-state index contributed by atoms with van der Waals surface area (Å²) in [7, 11) is 0. The summed E-state index contributed by atoms with van der Waals surface area (Å²) in [6.07, 6.45) is 6.29. The number of carbonyl (C=O) groups is 2. The predicted octanol–water partition coefficient (Wildman–Crippen LogP) is 1.58. The number of carboxylic acid groups (broad SMARTS) is 1. The van der Waals surface area contributed by atoms with Crippen molar-refractivity contribution in [3.63, 3.8) is 0 Å². The molecule has 0 radical (unpaired) electrons. The Morgan fingerprint density at radius 2 is 1.87 bits per heavy atom. The third-order valence-electron chi connectivity index (χ3n) is 4.93. The summed E-state index contributed by atoms with van der Waals surface area (Å²) in [4.78, 5) is 23.9. The van der Waals surface area contributed by atoms with Crippen LogP contribution in [0.4, 0.5) is 0 Å². The molecule has 2 bridgehead atoms. The third kappa shape index (κ3) is 3.42. The van der Waals surface area contributed by atoms with Gasteiger partial charge < -0.3 is 15.2 Å². The van der Waals surface area contributed by atoms with Gasteiger partial charge in [0.1, 0.15) is 0 Å². The van der Waals surface area contributed by atoms with Crippen LogP contribution >= 0.6 is 11.6 Å². The van der Waals surface area contributed by atoms with Crippen molar-refractivity contribution in [3.8, 4) is 0 Å². The van der Waals surface area contributed by atoms with Gasteiger partial charge in [0.15, 0.2) is 0 Å². The fourth-order valence-corrected chi connectivity index (χ4v) is 4.03. The standard InChI is InChI=1S/C18H20ClNO3/c19-14-3-1-2-11(10-14)8-9-20-17(21)15-12-4-6-13(7-5-12)16(15)18(22)23/h1-4,6,10,12-13,15-16H,5,7-9H2,(H,20,21)(H,22,23)/p-1/t12-,13-,15-,16+/m1/s1. The van der Waals surface area contributed by atoms with Gasteiger partial charge in [-0.1, -0.05) is 35.9 Å². The van der Waals surface area contributed by atoms with Gasteiger partial charge >= 0.3 is 0 Å². The number of halogens is 1. The number of rotatable bonds is 5. The molecule has 0 unspecified atom stereocenters. The lowest BCUT2D eigenvalue weighted by atomic mass is 9.62. The molecule has 1 fully saturated rings. The first-order chi connectivity index (χ1) is 11.1. The van der Waals surface area contributed by atoms with Gasteiger partial charge in [-0.05, 0) is 48.8 Å². The van der Waals surface area contributed by atoms with E-state index in [2.05, 4.69) is 5.32 Å². The second-order valence-electron chi connectivity index (χ2n) is 6.33. The molecule has 1 saturated carbocycles. The van der Waals surface area contributed by atoms with E-state index in [9.17, 15) is 14.7 Å². The van der Waals surface area contributed by atoms with E-state index in [1.54, 1.807) is 6.07 Å². The minimum atomic E-state index is -1.11. The summed E-state index contributed by atoms with van der Waals surface area (Å²) in [6, 6.07) is 7.49. The van der Waals surface area contributed by atoms with Crippen LogP contribution in [0.5, 0.6) is 0 Å². The highest BCUT2D eigenvalue weighted by Gasteiger charge is 2.44. The Labute approximate surface area is 140 Å². The van der Waals surface area contributed by atoms with Crippen molar-refractivity contribution >= 4 is 23.5 Å². The van der Waals surface area contributed by atoms with Crippen LogP contribution in [0.2, 0.25) is 5.02 Å². The maximum absolute atomic E-state index is 12.5. The highest BCUT2D eigenvalue weighted by atomic mass is 35.5. The number of carboxylic acids is 1. The Kier molecular flexibility index (Phi) is 4.71. The molecule has 1 N–H and O–H groups in total. The third-order valence-corrected chi connectivity index (χ3v) is 5.16. The SMILES string of the molecule is O=C([O-])[C@@H]1[C@H](C(=O)NCCc2cccc(Cl)c2)[C@@H]2C=C[C@@H]1CC2. The lowest BCUT2D eigenvalue weighted by Gasteiger charge is -2.44. The van der Waals surface area contributed by atoms with Crippen LogP contribution in [0.15, 0.2) is 36.4 Å². The van der Waals surface area contributed by atoms with Crippen LogP contribution in [0.25, 0.3) is 0 Å². The summed E-state index contributed by atoms with van der Waals surface area (Å²) in [6.45, 7) is 0.469. The number of allylic oxidation sites excluding steroid dienone is 2. The average Bonchev–Trinajstić information content (AvgIpc) is 2.55. The van der Waals surface area contributed by atoms with Gasteiger partial charge in [0, 0.05) is 23.5 Å². The van der Waals surface area contributed by atoms with Gasteiger partial charge in [0.2, 0.25) is 5.91 Å². The lowest BCUT2D eigenvalue weighted by molar-refractivity contribution is -0.316. The molecule has 1 amide bonds. The molecule has 4 atom stereocenters. The van der Waals surface area contributed by atoms with E-state index < -0.39 is 17.8 Å². The minimum absolute atomic E-state index is 0.00840. The Morgan fingerprint density at radius 1 is 1.17 bits per heavy atom. The van der Waals surface area contributed by atoms with Crippen LogP contribution in [-0.4, -0.2) is 18.4 Å². The normalized spacial score (nSPS) is 28.6. The van der Waals surface area contributed by atoms with E-state index in [0.29, 0.717) is 18.0 Å². The Bertz CT molecular complexity index is 643. The molecule has 5 heteroatoms. The van der Waals surface area contributed by atoms with Crippen molar-refractivity contribution in [2.24, 2.45) is 23.7 Å². The maximum atomic E-state index is 12.5. The van der Waals surface area contributed by atoms with Crippen LogP contribution < -0.4 is 10.4 Å². The van der Waals surface area contributed by atoms with E-state index in [-0.39, 0.29) is 17.7 Å². The molecule has 0 spiro atoms. The zero-order valence-corrected chi connectivity index (χ0v) is 13.5. The second-order valence-corrected chi connectivity index (χ2v) is 6.77. The molecule has 1 aromatic carbocycles. The van der Waals surface area contributed by atoms with Gasteiger partial charge in [-0.3, -0.25) is 4.79 Å². The number of amides is 1. The Balaban J connectivity index is 1.61. The molecule has 4 rings (SSSR count). The highest BCUT2D eigenvalue weighted by Crippen LogP contribution is 2.44. The first-order valence-electron chi connectivity index (χ1n) is 7.97. The first kappa shape index (κ1) is 16.1. The molecule has 3 aliphatic carbocycles. The average molecular weight is 333 g/mol. The van der Waals surface area contributed by atoms with E-state index >= 15 is 0 Å².